The topological polar surface area (TPSA) is 91.0 Å². The molecule has 224 valence electrons. The van der Waals surface area contributed by atoms with E-state index in [1.807, 2.05) is 42.3 Å². The number of nitrogens with one attached hydrogen (secondary N) is 2. The lowest BCUT2D eigenvalue weighted by Gasteiger charge is -2.41. The molecule has 1 saturated carbocycles. The molecular weight excluding hydrogens is 516 g/mol. The maximum Gasteiger partial charge on any atom is 0.243 e. The second-order valence-electron chi connectivity index (χ2n) is 12.7. The van der Waals surface area contributed by atoms with Crippen molar-refractivity contribution in [3.05, 3.63) is 48.0 Å². The minimum Gasteiger partial charge on any atom is -0.381 e. The third-order valence-electron chi connectivity index (χ3n) is 9.97. The molecule has 2 saturated heterocycles. The van der Waals surface area contributed by atoms with Crippen molar-refractivity contribution in [2.75, 3.05) is 39.9 Å². The van der Waals surface area contributed by atoms with Crippen LogP contribution in [0, 0.1) is 11.3 Å². The van der Waals surface area contributed by atoms with Crippen molar-refractivity contribution >= 4 is 17.7 Å². The van der Waals surface area contributed by atoms with Crippen LogP contribution in [0.15, 0.2) is 42.5 Å². The highest BCUT2D eigenvalue weighted by atomic mass is 16.5. The number of allylic oxidation sites excluding steroid dienone is 2. The number of likely N-dealkylation sites (N-methyl/N-ethyl adjacent to an activating group) is 1. The van der Waals surface area contributed by atoms with Crippen LogP contribution in [0.25, 0.3) is 0 Å². The van der Waals surface area contributed by atoms with Crippen molar-refractivity contribution in [2.24, 2.45) is 11.3 Å². The molecule has 0 unspecified atom stereocenters. The Kier molecular flexibility index (Phi) is 10.1. The Bertz CT molecular complexity index is 1060. The molecule has 3 amide bonds. The highest BCUT2D eigenvalue weighted by Gasteiger charge is 2.41. The van der Waals surface area contributed by atoms with Gasteiger partial charge in [-0.2, -0.15) is 0 Å². The fraction of sp³-hybridized carbons (Fsp3) is 0.667. The number of amides is 3. The van der Waals surface area contributed by atoms with E-state index in [2.05, 4.69) is 27.7 Å². The van der Waals surface area contributed by atoms with Crippen LogP contribution in [0.4, 0.5) is 0 Å². The number of hydrogen-bond donors (Lipinski definition) is 2. The van der Waals surface area contributed by atoms with Crippen LogP contribution in [-0.4, -0.2) is 85.5 Å². The molecule has 41 heavy (non-hydrogen) atoms. The lowest BCUT2D eigenvalue weighted by atomic mass is 9.75. The molecule has 4 aliphatic rings. The summed E-state index contributed by atoms with van der Waals surface area (Å²) in [6.45, 7) is 3.09. The molecule has 1 aliphatic carbocycles. The van der Waals surface area contributed by atoms with Crippen LogP contribution in [0.2, 0.25) is 0 Å². The molecule has 1 spiro atoms. The number of likely N-dealkylation sites (tertiary alicyclic amines) is 1. The third kappa shape index (κ3) is 7.58. The maximum absolute atomic E-state index is 13.8. The molecule has 5 rings (SSSR count). The van der Waals surface area contributed by atoms with Gasteiger partial charge in [-0.25, -0.2) is 0 Å². The summed E-state index contributed by atoms with van der Waals surface area (Å²) in [7, 11) is 1.97. The van der Waals surface area contributed by atoms with Gasteiger partial charge in [0.1, 0.15) is 6.04 Å². The van der Waals surface area contributed by atoms with Gasteiger partial charge in [-0.15, -0.1) is 0 Å². The monoisotopic (exact) mass is 564 g/mol. The number of rotatable bonds is 5. The van der Waals surface area contributed by atoms with E-state index in [1.165, 1.54) is 19.3 Å². The van der Waals surface area contributed by atoms with E-state index in [9.17, 15) is 14.4 Å². The van der Waals surface area contributed by atoms with Crippen LogP contribution in [-0.2, 0) is 25.5 Å². The number of carbonyl (C=O) groups is 3. The minimum atomic E-state index is -0.641. The second kappa shape index (κ2) is 14.0. The lowest BCUT2D eigenvalue weighted by molar-refractivity contribution is -0.140. The first-order valence-corrected chi connectivity index (χ1v) is 15.8. The number of ether oxygens (including phenoxy) is 1. The summed E-state index contributed by atoms with van der Waals surface area (Å²) in [5.41, 5.74) is 0.463. The van der Waals surface area contributed by atoms with Crippen LogP contribution in [0.5, 0.6) is 0 Å². The first-order valence-electron chi connectivity index (χ1n) is 15.8. The summed E-state index contributed by atoms with van der Waals surface area (Å²) < 4.78 is 5.61. The summed E-state index contributed by atoms with van der Waals surface area (Å²) >= 11 is 0. The number of hydrogen-bond acceptors (Lipinski definition) is 5. The van der Waals surface area contributed by atoms with E-state index >= 15 is 0 Å². The standard InChI is InChI=1S/C33H48N4O4/c1-36(27-13-6-3-7-14-27)30(38)24-37-19-15-28-26(23-37)12-8-9-16-33(17-20-41-21-18-33)32(40)35-29(31(39)34-28)22-25-10-4-2-5-11-25/h2,4-5,8-11,26-29H,3,6-7,12-24H2,1H3,(H,34,39)(H,35,40)/b9-8+/t26-,28+,29-/m1/s1. The average Bonchev–Trinajstić information content (AvgIpc) is 3.00. The highest BCUT2D eigenvalue weighted by Crippen LogP contribution is 2.36. The first-order chi connectivity index (χ1) is 19.9. The quantitative estimate of drug-likeness (QED) is 0.535. The smallest absolute Gasteiger partial charge is 0.243 e. The summed E-state index contributed by atoms with van der Waals surface area (Å²) in [5.74, 6) is 0.240. The SMILES string of the molecule is CN(C(=O)CN1CC[C@@H]2NC(=O)[C@@H](Cc3ccccc3)NC(=O)C3(C/C=C/C[C@@H]2C1)CCOCC3)C1CCCCC1. The van der Waals surface area contributed by atoms with Gasteiger partial charge in [0.25, 0.3) is 0 Å². The van der Waals surface area contributed by atoms with E-state index < -0.39 is 11.5 Å². The normalized spacial score (nSPS) is 28.9. The molecule has 3 aliphatic heterocycles. The zero-order valence-electron chi connectivity index (χ0n) is 24.7. The molecule has 8 heteroatoms. The second-order valence-corrected chi connectivity index (χ2v) is 12.7. The molecular formula is C33H48N4O4. The van der Waals surface area contributed by atoms with Gasteiger partial charge in [-0.3, -0.25) is 19.3 Å². The minimum absolute atomic E-state index is 0.00113. The van der Waals surface area contributed by atoms with Crippen molar-refractivity contribution in [2.45, 2.75) is 88.8 Å². The summed E-state index contributed by atoms with van der Waals surface area (Å²) in [6.07, 6.45) is 14.3. The Hall–Kier alpha value is -2.71. The van der Waals surface area contributed by atoms with E-state index in [4.69, 9.17) is 4.74 Å². The number of nitrogens with zero attached hydrogens (tertiary/aromatic N) is 2. The van der Waals surface area contributed by atoms with Crippen molar-refractivity contribution in [1.82, 2.24) is 20.4 Å². The lowest BCUT2D eigenvalue weighted by Crippen LogP contribution is -2.58. The van der Waals surface area contributed by atoms with Gasteiger partial charge in [0, 0.05) is 51.9 Å². The molecule has 3 fully saturated rings. The molecule has 1 aromatic rings. The Morgan fingerprint density at radius 1 is 1.02 bits per heavy atom. The van der Waals surface area contributed by atoms with E-state index in [0.29, 0.717) is 51.5 Å². The summed E-state index contributed by atoms with van der Waals surface area (Å²) in [6, 6.07) is 9.63. The first kappa shape index (κ1) is 29.8. The number of benzene rings is 1. The van der Waals surface area contributed by atoms with Crippen molar-refractivity contribution < 1.29 is 19.1 Å². The van der Waals surface area contributed by atoms with Crippen molar-refractivity contribution in [1.29, 1.82) is 0 Å². The Labute approximate surface area is 245 Å². The van der Waals surface area contributed by atoms with Crippen LogP contribution in [0.1, 0.15) is 69.8 Å². The van der Waals surface area contributed by atoms with E-state index in [1.54, 1.807) is 0 Å². The molecule has 3 heterocycles. The van der Waals surface area contributed by atoms with Crippen LogP contribution in [0.3, 0.4) is 0 Å². The van der Waals surface area contributed by atoms with E-state index in [-0.39, 0.29) is 29.7 Å². The summed E-state index contributed by atoms with van der Waals surface area (Å²) in [5, 5.41) is 6.50. The fourth-order valence-corrected chi connectivity index (χ4v) is 7.17. The Morgan fingerprint density at radius 2 is 1.78 bits per heavy atom. The van der Waals surface area contributed by atoms with Gasteiger partial charge < -0.3 is 20.3 Å². The molecule has 2 N–H and O–H groups in total. The Balaban J connectivity index is 1.31. The molecule has 0 bridgehead atoms. The van der Waals surface area contributed by atoms with Crippen LogP contribution < -0.4 is 10.6 Å². The fourth-order valence-electron chi connectivity index (χ4n) is 7.17. The van der Waals surface area contributed by atoms with Gasteiger partial charge >= 0.3 is 0 Å². The predicted octanol–water partition coefficient (Wildman–Crippen LogP) is 3.46. The van der Waals surface area contributed by atoms with Gasteiger partial charge in [-0.1, -0.05) is 61.7 Å². The predicted molar refractivity (Wildman–Crippen MR) is 159 cm³/mol. The third-order valence-corrected chi connectivity index (χ3v) is 9.97. The summed E-state index contributed by atoms with van der Waals surface area (Å²) in [4.78, 5) is 45.0. The molecule has 8 nitrogen and oxygen atoms in total. The molecule has 1 aromatic carbocycles. The van der Waals surface area contributed by atoms with Gasteiger partial charge in [-0.05, 0) is 56.4 Å². The number of carbonyl (C=O) groups excluding carboxylic acids is 3. The Morgan fingerprint density at radius 3 is 2.54 bits per heavy atom. The van der Waals surface area contributed by atoms with Gasteiger partial charge in [0.2, 0.25) is 17.7 Å². The maximum atomic E-state index is 13.8. The van der Waals surface area contributed by atoms with Crippen LogP contribution >= 0.6 is 0 Å². The number of fused-ring (bicyclic) bond motifs is 1. The van der Waals surface area contributed by atoms with E-state index in [0.717, 1.165) is 44.3 Å². The molecule has 0 radical (unpaired) electrons. The largest absolute Gasteiger partial charge is 0.381 e. The average molecular weight is 565 g/mol. The molecule has 3 atom stereocenters. The van der Waals surface area contributed by atoms with Crippen molar-refractivity contribution in [3.63, 3.8) is 0 Å². The zero-order chi connectivity index (χ0) is 28.7. The number of piperidine rings is 1. The molecule has 0 aromatic heterocycles. The van der Waals surface area contributed by atoms with Crippen molar-refractivity contribution in [3.8, 4) is 0 Å². The van der Waals surface area contributed by atoms with Gasteiger partial charge in [0.15, 0.2) is 0 Å². The zero-order valence-corrected chi connectivity index (χ0v) is 24.7. The van der Waals surface area contributed by atoms with Gasteiger partial charge in [0.05, 0.1) is 12.0 Å². The highest BCUT2D eigenvalue weighted by molar-refractivity contribution is 5.90.